The number of benzene rings is 2. The third-order valence-corrected chi connectivity index (χ3v) is 2.91. The first kappa shape index (κ1) is 14.0. The lowest BCUT2D eigenvalue weighted by atomic mass is 10.1. The largest absolute Gasteiger partial charge is 0.507 e. The number of phenols is 1. The summed E-state index contributed by atoms with van der Waals surface area (Å²) < 4.78 is 26.4. The Morgan fingerprint density at radius 1 is 1.20 bits per heavy atom. The molecule has 0 saturated heterocycles. The molecular formula is C15H13F2NO2. The van der Waals surface area contributed by atoms with Gasteiger partial charge in [-0.1, -0.05) is 30.3 Å². The van der Waals surface area contributed by atoms with Gasteiger partial charge in [0.05, 0.1) is 6.04 Å². The van der Waals surface area contributed by atoms with Gasteiger partial charge in [-0.05, 0) is 12.5 Å². The van der Waals surface area contributed by atoms with Crippen molar-refractivity contribution in [2.75, 3.05) is 0 Å². The van der Waals surface area contributed by atoms with Gasteiger partial charge in [-0.2, -0.15) is 0 Å². The van der Waals surface area contributed by atoms with Crippen molar-refractivity contribution in [3.63, 3.8) is 0 Å². The Morgan fingerprint density at radius 2 is 1.85 bits per heavy atom. The molecule has 1 amide bonds. The van der Waals surface area contributed by atoms with E-state index in [1.165, 1.54) is 0 Å². The number of carbonyl (C=O) groups excluding carboxylic acids is 1. The number of nitrogens with one attached hydrogen (secondary N) is 1. The molecule has 0 radical (unpaired) electrons. The minimum atomic E-state index is -1.10. The summed E-state index contributed by atoms with van der Waals surface area (Å²) in [5.74, 6) is -3.55. The van der Waals surface area contributed by atoms with E-state index in [4.69, 9.17) is 0 Å². The smallest absolute Gasteiger partial charge is 0.258 e. The summed E-state index contributed by atoms with van der Waals surface area (Å²) in [6.07, 6.45) is 0. The van der Waals surface area contributed by atoms with Crippen LogP contribution in [0.3, 0.4) is 0 Å². The van der Waals surface area contributed by atoms with Crippen LogP contribution >= 0.6 is 0 Å². The Kier molecular flexibility index (Phi) is 3.98. The van der Waals surface area contributed by atoms with E-state index in [0.29, 0.717) is 12.1 Å². The van der Waals surface area contributed by atoms with E-state index in [9.17, 15) is 18.7 Å². The average molecular weight is 277 g/mol. The van der Waals surface area contributed by atoms with E-state index in [1.807, 2.05) is 30.3 Å². The molecule has 0 aliphatic rings. The summed E-state index contributed by atoms with van der Waals surface area (Å²) in [6, 6.07) is 9.98. The Bertz CT molecular complexity index is 606. The predicted octanol–water partition coefficient (Wildman–Crippen LogP) is 3.16. The molecule has 3 nitrogen and oxygen atoms in total. The Balaban J connectivity index is 2.21. The summed E-state index contributed by atoms with van der Waals surface area (Å²) in [5, 5.41) is 12.0. The van der Waals surface area contributed by atoms with E-state index in [-0.39, 0.29) is 6.04 Å². The molecule has 2 N–H and O–H groups in total. The molecule has 1 unspecified atom stereocenters. The third-order valence-electron chi connectivity index (χ3n) is 2.91. The summed E-state index contributed by atoms with van der Waals surface area (Å²) in [5.41, 5.74) is 0.275. The maximum absolute atomic E-state index is 13.6. The van der Waals surface area contributed by atoms with Gasteiger partial charge in [0, 0.05) is 12.1 Å². The molecule has 20 heavy (non-hydrogen) atoms. The molecular weight excluding hydrogens is 264 g/mol. The number of rotatable bonds is 3. The van der Waals surface area contributed by atoms with Crippen LogP contribution in [0.1, 0.15) is 28.9 Å². The van der Waals surface area contributed by atoms with Crippen LogP contribution < -0.4 is 5.32 Å². The van der Waals surface area contributed by atoms with Gasteiger partial charge < -0.3 is 10.4 Å². The number of carbonyl (C=O) groups is 1. The van der Waals surface area contributed by atoms with Crippen LogP contribution in [-0.4, -0.2) is 11.0 Å². The van der Waals surface area contributed by atoms with Crippen LogP contribution in [0, 0.1) is 11.6 Å². The number of halogens is 2. The lowest BCUT2D eigenvalue weighted by Gasteiger charge is -2.15. The van der Waals surface area contributed by atoms with Gasteiger partial charge in [-0.25, -0.2) is 8.78 Å². The molecule has 104 valence electrons. The second-order valence-electron chi connectivity index (χ2n) is 4.39. The number of phenolic OH excluding ortho intramolecular Hbond substituents is 1. The molecule has 0 bridgehead atoms. The lowest BCUT2D eigenvalue weighted by Crippen LogP contribution is -2.27. The molecule has 2 rings (SSSR count). The van der Waals surface area contributed by atoms with Gasteiger partial charge in [-0.15, -0.1) is 0 Å². The van der Waals surface area contributed by atoms with E-state index in [1.54, 1.807) is 6.92 Å². The van der Waals surface area contributed by atoms with Gasteiger partial charge in [0.25, 0.3) is 5.91 Å². The summed E-state index contributed by atoms with van der Waals surface area (Å²) in [7, 11) is 0. The first-order valence-corrected chi connectivity index (χ1v) is 6.03. The van der Waals surface area contributed by atoms with E-state index >= 15 is 0 Å². The van der Waals surface area contributed by atoms with Crippen molar-refractivity contribution in [1.29, 1.82) is 0 Å². The Morgan fingerprint density at radius 3 is 2.45 bits per heavy atom. The standard InChI is InChI=1S/C15H13F2NO2/c1-9(10-5-3-2-4-6-10)18-15(20)14-12(17)7-11(16)8-13(14)19/h2-9,19H,1H3,(H,18,20). The summed E-state index contributed by atoms with van der Waals surface area (Å²) in [4.78, 5) is 11.9. The SMILES string of the molecule is CC(NC(=O)c1c(O)cc(F)cc1F)c1ccccc1. The molecule has 0 spiro atoms. The van der Waals surface area contributed by atoms with Gasteiger partial charge in [0.1, 0.15) is 22.9 Å². The highest BCUT2D eigenvalue weighted by Crippen LogP contribution is 2.23. The average Bonchev–Trinajstić information content (AvgIpc) is 2.38. The minimum absolute atomic E-state index is 0.368. The zero-order valence-corrected chi connectivity index (χ0v) is 10.7. The normalized spacial score (nSPS) is 11.9. The number of amides is 1. The van der Waals surface area contributed by atoms with Gasteiger partial charge in [0.15, 0.2) is 0 Å². The maximum Gasteiger partial charge on any atom is 0.258 e. The van der Waals surface area contributed by atoms with Crippen molar-refractivity contribution in [1.82, 2.24) is 5.32 Å². The lowest BCUT2D eigenvalue weighted by molar-refractivity contribution is 0.0932. The number of hydrogen-bond acceptors (Lipinski definition) is 2. The second-order valence-corrected chi connectivity index (χ2v) is 4.39. The summed E-state index contributed by atoms with van der Waals surface area (Å²) in [6.45, 7) is 1.73. The van der Waals surface area contributed by atoms with Crippen molar-refractivity contribution in [2.45, 2.75) is 13.0 Å². The first-order valence-electron chi connectivity index (χ1n) is 6.03. The molecule has 1 atom stereocenters. The molecule has 2 aromatic carbocycles. The molecule has 0 saturated carbocycles. The van der Waals surface area contributed by atoms with Crippen LogP contribution in [0.2, 0.25) is 0 Å². The van der Waals surface area contributed by atoms with Gasteiger partial charge in [-0.3, -0.25) is 4.79 Å². The van der Waals surface area contributed by atoms with E-state index in [2.05, 4.69) is 5.32 Å². The van der Waals surface area contributed by atoms with Crippen molar-refractivity contribution in [3.05, 3.63) is 65.2 Å². The molecule has 0 aliphatic carbocycles. The highest BCUT2D eigenvalue weighted by atomic mass is 19.1. The van der Waals surface area contributed by atoms with Crippen molar-refractivity contribution in [2.24, 2.45) is 0 Å². The van der Waals surface area contributed by atoms with E-state index < -0.39 is 28.9 Å². The fraction of sp³-hybridized carbons (Fsp3) is 0.133. The zero-order valence-electron chi connectivity index (χ0n) is 10.7. The quantitative estimate of drug-likeness (QED) is 0.905. The molecule has 0 heterocycles. The zero-order chi connectivity index (χ0) is 14.7. The topological polar surface area (TPSA) is 49.3 Å². The van der Waals surface area contributed by atoms with Crippen molar-refractivity contribution >= 4 is 5.91 Å². The van der Waals surface area contributed by atoms with Crippen molar-refractivity contribution < 1.29 is 18.7 Å². The van der Waals surface area contributed by atoms with Crippen LogP contribution in [-0.2, 0) is 0 Å². The second kappa shape index (κ2) is 5.69. The number of hydrogen-bond donors (Lipinski definition) is 2. The maximum atomic E-state index is 13.6. The monoisotopic (exact) mass is 277 g/mol. The van der Waals surface area contributed by atoms with E-state index in [0.717, 1.165) is 5.56 Å². The first-order chi connectivity index (χ1) is 9.49. The van der Waals surface area contributed by atoms with Crippen LogP contribution in [0.5, 0.6) is 5.75 Å². The highest BCUT2D eigenvalue weighted by molar-refractivity contribution is 5.97. The molecule has 0 aliphatic heterocycles. The van der Waals surface area contributed by atoms with Crippen LogP contribution in [0.25, 0.3) is 0 Å². The number of aromatic hydroxyl groups is 1. The van der Waals surface area contributed by atoms with Gasteiger partial charge in [0.2, 0.25) is 0 Å². The summed E-state index contributed by atoms with van der Waals surface area (Å²) >= 11 is 0. The molecule has 0 fully saturated rings. The molecule has 0 aromatic heterocycles. The molecule has 5 heteroatoms. The van der Waals surface area contributed by atoms with Crippen LogP contribution in [0.15, 0.2) is 42.5 Å². The fourth-order valence-corrected chi connectivity index (χ4v) is 1.88. The third kappa shape index (κ3) is 2.93. The Labute approximate surface area is 114 Å². The van der Waals surface area contributed by atoms with Crippen molar-refractivity contribution in [3.8, 4) is 5.75 Å². The predicted molar refractivity (Wildman–Crippen MR) is 70.3 cm³/mol. The molecule has 2 aromatic rings. The highest BCUT2D eigenvalue weighted by Gasteiger charge is 2.20. The fourth-order valence-electron chi connectivity index (χ4n) is 1.88. The Hall–Kier alpha value is -2.43. The van der Waals surface area contributed by atoms with Gasteiger partial charge >= 0.3 is 0 Å². The van der Waals surface area contributed by atoms with Crippen LogP contribution in [0.4, 0.5) is 8.78 Å². The minimum Gasteiger partial charge on any atom is -0.507 e.